The Morgan fingerprint density at radius 3 is 2.27 bits per heavy atom. The molecular weight excluding hydrogens is 342 g/mol. The van der Waals surface area contributed by atoms with Gasteiger partial charge in [-0.25, -0.2) is 4.98 Å². The molecule has 0 aromatic carbocycles. The Labute approximate surface area is 161 Å². The van der Waals surface area contributed by atoms with E-state index in [1.165, 1.54) is 70.6 Å². The van der Waals surface area contributed by atoms with Crippen LogP contribution >= 0.6 is 12.2 Å². The van der Waals surface area contributed by atoms with E-state index in [0.717, 1.165) is 35.0 Å². The molecule has 5 fully saturated rings. The van der Waals surface area contributed by atoms with Crippen LogP contribution in [0.1, 0.15) is 93.8 Å². The molecule has 0 spiro atoms. The summed E-state index contributed by atoms with van der Waals surface area (Å²) >= 11 is 5.29. The lowest BCUT2D eigenvalue weighted by Crippen LogP contribution is -2.51. The minimum absolute atomic E-state index is 0.109. The molecule has 5 saturated carbocycles. The number of thiocarbonyl (C=S) groups is 1. The monoisotopic (exact) mass is 373 g/mol. The number of ether oxygens (including phenoxy) is 1. The van der Waals surface area contributed by atoms with Gasteiger partial charge in [0.1, 0.15) is 16.5 Å². The Bertz CT molecular complexity index is 656. The summed E-state index contributed by atoms with van der Waals surface area (Å²) in [6.45, 7) is 0.582. The smallest absolute Gasteiger partial charge is 0.124 e. The molecule has 1 aromatic rings. The first kappa shape index (κ1) is 17.2. The van der Waals surface area contributed by atoms with Crippen molar-refractivity contribution in [2.45, 2.75) is 88.8 Å². The Morgan fingerprint density at radius 2 is 1.69 bits per heavy atom. The minimum atomic E-state index is 0.109. The highest BCUT2D eigenvalue weighted by Crippen LogP contribution is 2.57. The number of nitrogens with one attached hydrogen (secondary N) is 1. The Balaban J connectivity index is 1.33. The zero-order valence-corrected chi connectivity index (χ0v) is 16.5. The number of aromatic amines is 1. The molecular formula is C21H31N3OS. The van der Waals surface area contributed by atoms with E-state index in [2.05, 4.69) is 4.98 Å². The van der Waals surface area contributed by atoms with Crippen LogP contribution in [0, 0.1) is 17.8 Å². The summed E-state index contributed by atoms with van der Waals surface area (Å²) in [4.78, 5) is 8.75. The van der Waals surface area contributed by atoms with E-state index < -0.39 is 0 Å². The van der Waals surface area contributed by atoms with Crippen LogP contribution in [0.15, 0.2) is 0 Å². The van der Waals surface area contributed by atoms with Gasteiger partial charge in [-0.05, 0) is 69.1 Å². The summed E-state index contributed by atoms with van der Waals surface area (Å²) in [5, 5.41) is 0. The zero-order valence-electron chi connectivity index (χ0n) is 15.6. The second kappa shape index (κ2) is 6.59. The van der Waals surface area contributed by atoms with Crippen molar-refractivity contribution in [1.29, 1.82) is 0 Å². The molecule has 5 aliphatic carbocycles. The summed E-state index contributed by atoms with van der Waals surface area (Å²) in [5.41, 5.74) is 7.87. The molecule has 0 radical (unpaired) electrons. The van der Waals surface area contributed by atoms with E-state index in [4.69, 9.17) is 27.7 Å². The first-order valence-corrected chi connectivity index (χ1v) is 11.0. The van der Waals surface area contributed by atoms with Crippen LogP contribution in [-0.2, 0) is 11.3 Å². The first-order chi connectivity index (χ1) is 12.6. The van der Waals surface area contributed by atoms with Gasteiger partial charge in [0.2, 0.25) is 0 Å². The number of nitrogens with zero attached hydrogens (tertiary/aromatic N) is 1. The molecule has 0 aliphatic heterocycles. The van der Waals surface area contributed by atoms with Crippen molar-refractivity contribution in [2.75, 3.05) is 0 Å². The van der Waals surface area contributed by atoms with Gasteiger partial charge in [-0.2, -0.15) is 0 Å². The third-order valence-corrected chi connectivity index (χ3v) is 7.72. The van der Waals surface area contributed by atoms with Crippen molar-refractivity contribution >= 4 is 17.2 Å². The van der Waals surface area contributed by atoms with Crippen molar-refractivity contribution < 1.29 is 4.74 Å². The van der Waals surface area contributed by atoms with E-state index >= 15 is 0 Å². The molecule has 5 aliphatic rings. The van der Waals surface area contributed by atoms with Gasteiger partial charge in [-0.3, -0.25) is 0 Å². The summed E-state index contributed by atoms with van der Waals surface area (Å²) in [5.74, 6) is 4.31. The van der Waals surface area contributed by atoms with Gasteiger partial charge in [0.25, 0.3) is 0 Å². The molecule has 0 amide bonds. The fraction of sp³-hybridized carbons (Fsp3) is 0.810. The van der Waals surface area contributed by atoms with Crippen LogP contribution in [0.5, 0.6) is 0 Å². The van der Waals surface area contributed by atoms with Crippen LogP contribution in [-0.4, -0.2) is 20.6 Å². The van der Waals surface area contributed by atoms with Gasteiger partial charge >= 0.3 is 0 Å². The predicted molar refractivity (Wildman–Crippen MR) is 106 cm³/mol. The topological polar surface area (TPSA) is 63.9 Å². The van der Waals surface area contributed by atoms with Crippen LogP contribution in [0.4, 0.5) is 0 Å². The molecule has 4 nitrogen and oxygen atoms in total. The third-order valence-electron chi connectivity index (χ3n) is 7.53. The van der Waals surface area contributed by atoms with Crippen LogP contribution in [0.3, 0.4) is 0 Å². The SMILES string of the molecule is NC(=S)c1nc(C2CCCCC2)[nH]c1COC12CC3CC(CC(C3)C1)C2. The van der Waals surface area contributed by atoms with E-state index in [1.54, 1.807) is 0 Å². The van der Waals surface area contributed by atoms with Gasteiger partial charge in [-0.1, -0.05) is 31.5 Å². The van der Waals surface area contributed by atoms with Gasteiger partial charge in [0.15, 0.2) is 0 Å². The Hall–Kier alpha value is -0.940. The number of nitrogens with two attached hydrogens (primary N) is 1. The molecule has 1 aromatic heterocycles. The second-order valence-corrected chi connectivity index (χ2v) is 9.98. The van der Waals surface area contributed by atoms with E-state index in [1.807, 2.05) is 0 Å². The van der Waals surface area contributed by atoms with Gasteiger partial charge < -0.3 is 15.5 Å². The maximum atomic E-state index is 6.63. The molecule has 3 N–H and O–H groups in total. The Kier molecular flexibility index (Phi) is 4.35. The number of hydrogen-bond donors (Lipinski definition) is 2. The normalized spacial score (nSPS) is 36.5. The highest BCUT2D eigenvalue weighted by molar-refractivity contribution is 7.80. The summed E-state index contributed by atoms with van der Waals surface area (Å²) in [6.07, 6.45) is 14.5. The van der Waals surface area contributed by atoms with Crippen molar-refractivity contribution in [1.82, 2.24) is 9.97 Å². The molecule has 26 heavy (non-hydrogen) atoms. The van der Waals surface area contributed by atoms with Gasteiger partial charge in [-0.15, -0.1) is 0 Å². The molecule has 5 heteroatoms. The molecule has 1 heterocycles. The average molecular weight is 374 g/mol. The van der Waals surface area contributed by atoms with Crippen molar-refractivity contribution in [3.8, 4) is 0 Å². The molecule has 0 saturated heterocycles. The van der Waals surface area contributed by atoms with Crippen molar-refractivity contribution in [3.05, 3.63) is 17.2 Å². The zero-order chi connectivity index (χ0) is 17.7. The standard InChI is InChI=1S/C21H31N3OS/c22-19(26)18-17(23-20(24-18)16-4-2-1-3-5-16)12-25-21-9-13-6-14(10-21)8-15(7-13)11-21/h13-16H,1-12H2,(H2,22,26)(H,23,24). The lowest BCUT2D eigenvalue weighted by molar-refractivity contribution is -0.169. The van der Waals surface area contributed by atoms with Crippen LogP contribution < -0.4 is 5.73 Å². The summed E-state index contributed by atoms with van der Waals surface area (Å²) < 4.78 is 6.63. The number of hydrogen-bond acceptors (Lipinski definition) is 3. The van der Waals surface area contributed by atoms with Crippen LogP contribution in [0.25, 0.3) is 0 Å². The summed E-state index contributed by atoms with van der Waals surface area (Å²) in [6, 6.07) is 0. The quantitative estimate of drug-likeness (QED) is 0.742. The van der Waals surface area contributed by atoms with Crippen LogP contribution in [0.2, 0.25) is 0 Å². The fourth-order valence-electron chi connectivity index (χ4n) is 6.74. The molecule has 4 bridgehead atoms. The minimum Gasteiger partial charge on any atom is -0.388 e. The molecule has 0 unspecified atom stereocenters. The average Bonchev–Trinajstić information content (AvgIpc) is 3.04. The number of H-pyrrole nitrogens is 1. The van der Waals surface area contributed by atoms with Gasteiger partial charge in [0.05, 0.1) is 17.9 Å². The van der Waals surface area contributed by atoms with E-state index in [-0.39, 0.29) is 5.60 Å². The van der Waals surface area contributed by atoms with Gasteiger partial charge in [0, 0.05) is 5.92 Å². The summed E-state index contributed by atoms with van der Waals surface area (Å²) in [7, 11) is 0. The van der Waals surface area contributed by atoms with E-state index in [0.29, 0.717) is 17.5 Å². The van der Waals surface area contributed by atoms with E-state index in [9.17, 15) is 0 Å². The molecule has 0 atom stereocenters. The molecule has 6 rings (SSSR count). The van der Waals surface area contributed by atoms with Crippen molar-refractivity contribution in [2.24, 2.45) is 23.5 Å². The maximum absolute atomic E-state index is 6.63. The molecule has 142 valence electrons. The Morgan fingerprint density at radius 1 is 1.08 bits per heavy atom. The number of rotatable bonds is 5. The van der Waals surface area contributed by atoms with Crippen molar-refractivity contribution in [3.63, 3.8) is 0 Å². The fourth-order valence-corrected chi connectivity index (χ4v) is 6.91. The lowest BCUT2D eigenvalue weighted by atomic mass is 9.54. The first-order valence-electron chi connectivity index (χ1n) is 10.6. The number of imidazole rings is 1. The predicted octanol–water partition coefficient (Wildman–Crippen LogP) is 4.58. The highest BCUT2D eigenvalue weighted by atomic mass is 32.1. The highest BCUT2D eigenvalue weighted by Gasteiger charge is 2.51. The number of aromatic nitrogens is 2. The maximum Gasteiger partial charge on any atom is 0.124 e. The third kappa shape index (κ3) is 3.11. The lowest BCUT2D eigenvalue weighted by Gasteiger charge is -2.56. The largest absolute Gasteiger partial charge is 0.388 e. The second-order valence-electron chi connectivity index (χ2n) is 9.54.